The van der Waals surface area contributed by atoms with Gasteiger partial charge in [-0.1, -0.05) is 41.4 Å². The van der Waals surface area contributed by atoms with Gasteiger partial charge in [0.1, 0.15) is 12.0 Å². The molecule has 0 amide bonds. The molecule has 0 saturated heterocycles. The van der Waals surface area contributed by atoms with E-state index in [0.29, 0.717) is 5.82 Å². The first-order valence-corrected chi connectivity index (χ1v) is 9.36. The smallest absolute Gasteiger partial charge is 0.183 e. The fourth-order valence-electron chi connectivity index (χ4n) is 3.28. The van der Waals surface area contributed by atoms with Crippen molar-refractivity contribution < 1.29 is 0 Å². The Morgan fingerprint density at radius 1 is 1.12 bits per heavy atom. The Bertz CT molecular complexity index is 1080. The van der Waals surface area contributed by atoms with Crippen molar-refractivity contribution in [3.8, 4) is 11.4 Å². The fraction of sp³-hybridized carbons (Fsp3) is 0.316. The summed E-state index contributed by atoms with van der Waals surface area (Å²) in [6.07, 6.45) is 4.08. The molecule has 4 aromatic rings. The van der Waals surface area contributed by atoms with Crippen LogP contribution in [0, 0.1) is 13.8 Å². The van der Waals surface area contributed by atoms with Crippen molar-refractivity contribution in [3.63, 3.8) is 0 Å². The number of hydrogen-bond donors (Lipinski definition) is 0. The Morgan fingerprint density at radius 2 is 1.92 bits per heavy atom. The van der Waals surface area contributed by atoms with E-state index in [1.165, 1.54) is 11.3 Å². The second-order valence-electron chi connectivity index (χ2n) is 6.34. The summed E-state index contributed by atoms with van der Waals surface area (Å²) in [5.74, 6) is 0.708. The van der Waals surface area contributed by atoms with Crippen molar-refractivity contribution in [1.82, 2.24) is 24.1 Å². The van der Waals surface area contributed by atoms with E-state index in [2.05, 4.69) is 51.4 Å². The predicted molar refractivity (Wildman–Crippen MR) is 104 cm³/mol. The molecule has 3 aromatic heterocycles. The van der Waals surface area contributed by atoms with E-state index in [1.807, 2.05) is 24.3 Å². The van der Waals surface area contributed by atoms with Gasteiger partial charge in [-0.15, -0.1) is 5.10 Å². The molecule has 5 nitrogen and oxygen atoms in total. The minimum Gasteiger partial charge on any atom is -0.329 e. The third-order valence-corrected chi connectivity index (χ3v) is 5.49. The van der Waals surface area contributed by atoms with Crippen LogP contribution in [-0.4, -0.2) is 24.1 Å². The quantitative estimate of drug-likeness (QED) is 0.490. The first-order valence-electron chi connectivity index (χ1n) is 8.57. The number of aromatic nitrogens is 5. The van der Waals surface area contributed by atoms with Crippen LogP contribution in [0.15, 0.2) is 35.1 Å². The maximum Gasteiger partial charge on any atom is 0.183 e. The van der Waals surface area contributed by atoms with Gasteiger partial charge in [0.2, 0.25) is 0 Å². The van der Waals surface area contributed by atoms with Gasteiger partial charge in [-0.25, -0.2) is 14.5 Å². The van der Waals surface area contributed by atoms with Crippen LogP contribution in [0.2, 0.25) is 0 Å². The van der Waals surface area contributed by atoms with Gasteiger partial charge in [-0.2, -0.15) is 0 Å². The molecule has 0 aliphatic heterocycles. The Hall–Kier alpha value is -2.21. The summed E-state index contributed by atoms with van der Waals surface area (Å²) in [4.78, 5) is 9.52. The fourth-order valence-corrected chi connectivity index (χ4v) is 3.74. The maximum absolute atomic E-state index is 4.84. The molecule has 0 bridgehead atoms. The highest BCUT2D eigenvalue weighted by atomic mass is 79.9. The van der Waals surface area contributed by atoms with Gasteiger partial charge in [0.15, 0.2) is 11.5 Å². The predicted octanol–water partition coefficient (Wildman–Crippen LogP) is 4.93. The molecule has 0 N–H and O–H groups in total. The molecule has 0 spiro atoms. The van der Waals surface area contributed by atoms with E-state index >= 15 is 0 Å². The highest BCUT2D eigenvalue weighted by Crippen LogP contribution is 2.30. The number of hydrogen-bond acceptors (Lipinski definition) is 3. The first kappa shape index (κ1) is 16.3. The highest BCUT2D eigenvalue weighted by Gasteiger charge is 2.18. The van der Waals surface area contributed by atoms with Crippen molar-refractivity contribution in [3.05, 3.63) is 46.3 Å². The Balaban J connectivity index is 1.97. The minimum absolute atomic E-state index is 0.708. The Kier molecular flexibility index (Phi) is 4.07. The number of aryl methyl sites for hydroxylation is 2. The van der Waals surface area contributed by atoms with E-state index in [0.717, 1.165) is 46.1 Å². The van der Waals surface area contributed by atoms with Crippen LogP contribution < -0.4 is 0 Å². The summed E-state index contributed by atoms with van der Waals surface area (Å²) in [6, 6.07) is 8.01. The van der Waals surface area contributed by atoms with Gasteiger partial charge in [-0.05, 0) is 38.0 Å². The van der Waals surface area contributed by atoms with Crippen LogP contribution >= 0.6 is 15.9 Å². The van der Waals surface area contributed by atoms with Gasteiger partial charge in [0.25, 0.3) is 0 Å². The summed E-state index contributed by atoms with van der Waals surface area (Å²) < 4.78 is 5.08. The zero-order valence-corrected chi connectivity index (χ0v) is 16.2. The lowest BCUT2D eigenvalue weighted by Gasteiger charge is -2.06. The average Bonchev–Trinajstić information content (AvgIpc) is 3.14. The molecule has 1 aromatic carbocycles. The number of fused-ring (bicyclic) bond motifs is 3. The number of unbranched alkanes of at least 4 members (excludes halogenated alkanes) is 1. The van der Waals surface area contributed by atoms with E-state index in [1.54, 1.807) is 10.8 Å². The van der Waals surface area contributed by atoms with Crippen molar-refractivity contribution in [1.29, 1.82) is 0 Å². The van der Waals surface area contributed by atoms with Gasteiger partial charge in [-0.3, -0.25) is 0 Å². The summed E-state index contributed by atoms with van der Waals surface area (Å²) in [7, 11) is 0. The highest BCUT2D eigenvalue weighted by molar-refractivity contribution is 9.10. The van der Waals surface area contributed by atoms with Crippen molar-refractivity contribution in [2.75, 3.05) is 0 Å². The molecule has 0 fully saturated rings. The third-order valence-electron chi connectivity index (χ3n) is 4.80. The van der Waals surface area contributed by atoms with Crippen LogP contribution in [0.3, 0.4) is 0 Å². The van der Waals surface area contributed by atoms with Gasteiger partial charge >= 0.3 is 0 Å². The van der Waals surface area contributed by atoms with Crippen LogP contribution in [0.4, 0.5) is 0 Å². The SMILES string of the molecule is CCCCn1c(C)c(C)c2c1ncn1nc(-c3ccccc3Br)nc21. The molecule has 128 valence electrons. The Labute approximate surface area is 154 Å². The lowest BCUT2D eigenvalue weighted by atomic mass is 10.2. The summed E-state index contributed by atoms with van der Waals surface area (Å²) in [6.45, 7) is 7.51. The molecule has 0 aliphatic carbocycles. The number of rotatable bonds is 4. The second kappa shape index (κ2) is 6.26. The Morgan fingerprint density at radius 3 is 2.68 bits per heavy atom. The van der Waals surface area contributed by atoms with E-state index in [9.17, 15) is 0 Å². The largest absolute Gasteiger partial charge is 0.329 e. The normalized spacial score (nSPS) is 11.7. The minimum atomic E-state index is 0.708. The van der Waals surface area contributed by atoms with Gasteiger partial charge < -0.3 is 4.57 Å². The second-order valence-corrected chi connectivity index (χ2v) is 7.20. The molecule has 0 aliphatic rings. The topological polar surface area (TPSA) is 48.0 Å². The van der Waals surface area contributed by atoms with Crippen molar-refractivity contribution >= 4 is 32.6 Å². The molecule has 0 radical (unpaired) electrons. The van der Waals surface area contributed by atoms with Gasteiger partial charge in [0.05, 0.1) is 5.39 Å². The molecule has 3 heterocycles. The van der Waals surface area contributed by atoms with Crippen LogP contribution in [0.25, 0.3) is 28.1 Å². The first-order chi connectivity index (χ1) is 12.1. The molecule has 25 heavy (non-hydrogen) atoms. The summed E-state index contributed by atoms with van der Waals surface area (Å²) in [5, 5.41) is 5.74. The molecular formula is C19H20BrN5. The van der Waals surface area contributed by atoms with Gasteiger partial charge in [0, 0.05) is 22.3 Å². The molecule has 0 saturated carbocycles. The summed E-state index contributed by atoms with van der Waals surface area (Å²) in [5.41, 5.74) is 5.34. The third kappa shape index (κ3) is 2.56. The van der Waals surface area contributed by atoms with E-state index < -0.39 is 0 Å². The molecule has 6 heteroatoms. The van der Waals surface area contributed by atoms with Crippen LogP contribution in [-0.2, 0) is 6.54 Å². The molecule has 0 unspecified atom stereocenters. The average molecular weight is 398 g/mol. The zero-order valence-electron chi connectivity index (χ0n) is 14.6. The molecule has 4 rings (SSSR count). The number of nitrogens with zero attached hydrogens (tertiary/aromatic N) is 5. The standard InChI is InChI=1S/C19H20BrN5/c1-4-5-10-24-13(3)12(2)16-18(24)21-11-25-19(16)22-17(23-25)14-8-6-7-9-15(14)20/h6-9,11H,4-5,10H2,1-3H3. The van der Waals surface area contributed by atoms with Crippen LogP contribution in [0.1, 0.15) is 31.0 Å². The van der Waals surface area contributed by atoms with Crippen molar-refractivity contribution in [2.24, 2.45) is 0 Å². The number of halogens is 1. The summed E-state index contributed by atoms with van der Waals surface area (Å²) >= 11 is 3.59. The monoisotopic (exact) mass is 397 g/mol. The van der Waals surface area contributed by atoms with Crippen LogP contribution in [0.5, 0.6) is 0 Å². The molecular weight excluding hydrogens is 378 g/mol. The maximum atomic E-state index is 4.84. The zero-order chi connectivity index (χ0) is 17.6. The van der Waals surface area contributed by atoms with E-state index in [-0.39, 0.29) is 0 Å². The van der Waals surface area contributed by atoms with Crippen molar-refractivity contribution in [2.45, 2.75) is 40.2 Å². The molecule has 0 atom stereocenters. The van der Waals surface area contributed by atoms with E-state index in [4.69, 9.17) is 4.98 Å². The lowest BCUT2D eigenvalue weighted by molar-refractivity contribution is 0.631. The lowest BCUT2D eigenvalue weighted by Crippen LogP contribution is -2.01. The number of benzene rings is 1.